The fourth-order valence-electron chi connectivity index (χ4n) is 3.31. The summed E-state index contributed by atoms with van der Waals surface area (Å²) in [6.07, 6.45) is 1.48. The molecule has 0 aliphatic carbocycles. The van der Waals surface area contributed by atoms with Crippen LogP contribution in [0.1, 0.15) is 23.5 Å². The fourth-order valence-corrected chi connectivity index (χ4v) is 3.91. The Kier molecular flexibility index (Phi) is 6.00. The third-order valence-corrected chi connectivity index (χ3v) is 5.44. The highest BCUT2D eigenvalue weighted by atomic mass is 32.1. The maximum Gasteiger partial charge on any atom is 0.323 e. The van der Waals surface area contributed by atoms with E-state index in [9.17, 15) is 14.7 Å². The van der Waals surface area contributed by atoms with Crippen molar-refractivity contribution in [2.45, 2.75) is 26.3 Å². The van der Waals surface area contributed by atoms with Crippen molar-refractivity contribution in [3.05, 3.63) is 46.4 Å². The van der Waals surface area contributed by atoms with Gasteiger partial charge in [-0.05, 0) is 45.0 Å². The number of carbonyl (C=O) groups is 2. The summed E-state index contributed by atoms with van der Waals surface area (Å²) in [6.45, 7) is 4.15. The Morgan fingerprint density at radius 3 is 2.54 bits per heavy atom. The molecule has 0 saturated carbocycles. The second-order valence-corrected chi connectivity index (χ2v) is 7.62. The lowest BCUT2D eigenvalue weighted by atomic mass is 9.95. The van der Waals surface area contributed by atoms with Crippen LogP contribution >= 0.6 is 11.3 Å². The number of aliphatic carboxylic acids is 1. The van der Waals surface area contributed by atoms with Gasteiger partial charge in [0.15, 0.2) is 0 Å². The smallest absolute Gasteiger partial charge is 0.323 e. The summed E-state index contributed by atoms with van der Waals surface area (Å²) in [4.78, 5) is 32.4. The van der Waals surface area contributed by atoms with Gasteiger partial charge in [-0.3, -0.25) is 14.5 Å². The molecular weight excluding hydrogens is 350 g/mol. The van der Waals surface area contributed by atoms with E-state index in [1.165, 1.54) is 4.90 Å². The minimum absolute atomic E-state index is 0.0947. The highest BCUT2D eigenvalue weighted by molar-refractivity contribution is 7.09. The molecule has 0 unspecified atom stereocenters. The van der Waals surface area contributed by atoms with Gasteiger partial charge in [-0.1, -0.05) is 18.2 Å². The van der Waals surface area contributed by atoms with Crippen LogP contribution < -0.4 is 4.90 Å². The Morgan fingerprint density at radius 2 is 1.96 bits per heavy atom. The molecule has 1 aliphatic rings. The number of anilines is 1. The first-order valence-corrected chi connectivity index (χ1v) is 9.62. The molecular formula is C19H23N3O3S. The van der Waals surface area contributed by atoms with Gasteiger partial charge in [0, 0.05) is 23.5 Å². The first kappa shape index (κ1) is 18.5. The number of likely N-dealkylation sites (tertiary alicyclic amines) is 1. The van der Waals surface area contributed by atoms with Gasteiger partial charge in [-0.2, -0.15) is 0 Å². The fraction of sp³-hybridized carbons (Fsp3) is 0.421. The molecule has 26 heavy (non-hydrogen) atoms. The monoisotopic (exact) mass is 373 g/mol. The van der Waals surface area contributed by atoms with Gasteiger partial charge < -0.3 is 10.0 Å². The number of piperidine rings is 1. The minimum Gasteiger partial charge on any atom is -0.480 e. The normalized spacial score (nSPS) is 15.7. The van der Waals surface area contributed by atoms with Gasteiger partial charge in [0.2, 0.25) is 5.91 Å². The maximum absolute atomic E-state index is 12.9. The Morgan fingerprint density at radius 1 is 1.27 bits per heavy atom. The topological polar surface area (TPSA) is 73.7 Å². The van der Waals surface area contributed by atoms with Crippen LogP contribution in [-0.2, 0) is 16.1 Å². The van der Waals surface area contributed by atoms with Crippen molar-refractivity contribution in [1.29, 1.82) is 0 Å². The second-order valence-electron chi connectivity index (χ2n) is 6.56. The van der Waals surface area contributed by atoms with Crippen LogP contribution in [0, 0.1) is 12.8 Å². The highest BCUT2D eigenvalue weighted by Gasteiger charge is 2.30. The molecule has 0 bridgehead atoms. The molecule has 0 atom stereocenters. The first-order chi connectivity index (χ1) is 12.5. The molecule has 1 aromatic carbocycles. The summed E-state index contributed by atoms with van der Waals surface area (Å²) in [5.74, 6) is -1.23. The van der Waals surface area contributed by atoms with E-state index < -0.39 is 5.97 Å². The van der Waals surface area contributed by atoms with Crippen molar-refractivity contribution in [2.24, 2.45) is 5.92 Å². The quantitative estimate of drug-likeness (QED) is 0.843. The predicted octanol–water partition coefficient (Wildman–Crippen LogP) is 2.78. The van der Waals surface area contributed by atoms with Crippen LogP contribution in [0.4, 0.5) is 5.69 Å². The number of aryl methyl sites for hydroxylation is 1. The van der Waals surface area contributed by atoms with Crippen LogP contribution in [-0.4, -0.2) is 46.5 Å². The minimum atomic E-state index is -1.00. The number of nitrogens with zero attached hydrogens (tertiary/aromatic N) is 3. The van der Waals surface area contributed by atoms with Crippen LogP contribution in [0.25, 0.3) is 0 Å². The third kappa shape index (κ3) is 4.68. The molecule has 1 aromatic heterocycles. The molecule has 1 saturated heterocycles. The Balaban J connectivity index is 1.61. The average molecular weight is 373 g/mol. The Labute approximate surface area is 157 Å². The van der Waals surface area contributed by atoms with Crippen molar-refractivity contribution in [1.82, 2.24) is 9.88 Å². The molecule has 1 N–H and O–H groups in total. The molecule has 2 aromatic rings. The number of rotatable bonds is 6. The molecule has 7 heteroatoms. The van der Waals surface area contributed by atoms with E-state index in [0.717, 1.165) is 43.2 Å². The molecule has 0 radical (unpaired) electrons. The zero-order valence-electron chi connectivity index (χ0n) is 14.8. The van der Waals surface area contributed by atoms with Gasteiger partial charge in [-0.15, -0.1) is 11.3 Å². The van der Waals surface area contributed by atoms with Crippen molar-refractivity contribution < 1.29 is 14.7 Å². The second kappa shape index (κ2) is 8.42. The molecule has 1 aliphatic heterocycles. The van der Waals surface area contributed by atoms with Crippen LogP contribution in [0.15, 0.2) is 35.7 Å². The Bertz CT molecular complexity index is 754. The highest BCUT2D eigenvalue weighted by Crippen LogP contribution is 2.24. The molecule has 1 amide bonds. The first-order valence-electron chi connectivity index (χ1n) is 8.74. The summed E-state index contributed by atoms with van der Waals surface area (Å²) >= 11 is 1.65. The lowest BCUT2D eigenvalue weighted by molar-refractivity contribution is -0.137. The number of hydrogen-bond acceptors (Lipinski definition) is 5. The van der Waals surface area contributed by atoms with Crippen molar-refractivity contribution in [2.75, 3.05) is 24.5 Å². The molecule has 2 heterocycles. The van der Waals surface area contributed by atoms with Crippen LogP contribution in [0.2, 0.25) is 0 Å². The number of para-hydroxylation sites is 1. The standard InChI is InChI=1S/C19H23N3O3S/c1-14-20-16(13-26-14)11-21-9-7-15(8-10-21)19(25)22(12-18(23)24)17-5-3-2-4-6-17/h2-6,13,15H,7-12H2,1H3,(H,23,24). The van der Waals surface area contributed by atoms with E-state index in [2.05, 4.69) is 15.3 Å². The van der Waals surface area contributed by atoms with Crippen molar-refractivity contribution in [3.8, 4) is 0 Å². The van der Waals surface area contributed by atoms with E-state index in [1.807, 2.05) is 25.1 Å². The molecule has 0 spiro atoms. The number of amides is 1. The predicted molar refractivity (Wildman–Crippen MR) is 101 cm³/mol. The van der Waals surface area contributed by atoms with Crippen LogP contribution in [0.5, 0.6) is 0 Å². The third-order valence-electron chi connectivity index (χ3n) is 4.62. The summed E-state index contributed by atoms with van der Waals surface area (Å²) in [5, 5.41) is 12.3. The Hall–Kier alpha value is -2.25. The number of hydrogen-bond donors (Lipinski definition) is 1. The number of carboxylic acids is 1. The van der Waals surface area contributed by atoms with Crippen LogP contribution in [0.3, 0.4) is 0 Å². The number of benzene rings is 1. The summed E-state index contributed by atoms with van der Waals surface area (Å²) < 4.78 is 0. The lowest BCUT2D eigenvalue weighted by Gasteiger charge is -2.33. The lowest BCUT2D eigenvalue weighted by Crippen LogP contribution is -2.44. The molecule has 6 nitrogen and oxygen atoms in total. The zero-order valence-corrected chi connectivity index (χ0v) is 15.6. The van der Waals surface area contributed by atoms with Gasteiger partial charge in [0.05, 0.1) is 10.7 Å². The van der Waals surface area contributed by atoms with Gasteiger partial charge in [0.25, 0.3) is 0 Å². The summed E-state index contributed by atoms with van der Waals surface area (Å²) in [6, 6.07) is 9.04. The average Bonchev–Trinajstić information content (AvgIpc) is 3.05. The number of aromatic nitrogens is 1. The number of thiazole rings is 1. The van der Waals surface area contributed by atoms with Gasteiger partial charge in [0.1, 0.15) is 6.54 Å². The molecule has 1 fully saturated rings. The number of carboxylic acid groups (broad SMARTS) is 1. The largest absolute Gasteiger partial charge is 0.480 e. The molecule has 3 rings (SSSR count). The van der Waals surface area contributed by atoms with Gasteiger partial charge in [-0.25, -0.2) is 4.98 Å². The van der Waals surface area contributed by atoms with E-state index in [4.69, 9.17) is 0 Å². The summed E-state index contributed by atoms with van der Waals surface area (Å²) in [5.41, 5.74) is 1.72. The van der Waals surface area contributed by atoms with E-state index in [0.29, 0.717) is 5.69 Å². The van der Waals surface area contributed by atoms with Crippen molar-refractivity contribution >= 4 is 28.9 Å². The SMILES string of the molecule is Cc1nc(CN2CCC(C(=O)N(CC(=O)O)c3ccccc3)CC2)cs1. The maximum atomic E-state index is 12.9. The van der Waals surface area contributed by atoms with Crippen molar-refractivity contribution in [3.63, 3.8) is 0 Å². The number of carbonyl (C=O) groups excluding carboxylic acids is 1. The zero-order chi connectivity index (χ0) is 18.5. The van der Waals surface area contributed by atoms with E-state index in [-0.39, 0.29) is 18.4 Å². The van der Waals surface area contributed by atoms with Gasteiger partial charge >= 0.3 is 5.97 Å². The van der Waals surface area contributed by atoms with E-state index >= 15 is 0 Å². The van der Waals surface area contributed by atoms with E-state index in [1.54, 1.807) is 23.5 Å². The summed E-state index contributed by atoms with van der Waals surface area (Å²) in [7, 11) is 0. The molecule has 138 valence electrons.